The van der Waals surface area contributed by atoms with Gasteiger partial charge in [0, 0.05) is 12.1 Å². The lowest BCUT2D eigenvalue weighted by molar-refractivity contribution is 0.626. The Morgan fingerprint density at radius 1 is 1.23 bits per heavy atom. The first-order chi connectivity index (χ1) is 10.7. The first-order valence-corrected chi connectivity index (χ1v) is 6.81. The number of anilines is 2. The van der Waals surface area contributed by atoms with Crippen LogP contribution in [0.4, 0.5) is 11.8 Å². The van der Waals surface area contributed by atoms with Crippen molar-refractivity contribution in [2.75, 3.05) is 11.5 Å². The number of rotatable bonds is 2. The van der Waals surface area contributed by atoms with E-state index in [2.05, 4.69) is 20.1 Å². The summed E-state index contributed by atoms with van der Waals surface area (Å²) >= 11 is 0. The third-order valence-corrected chi connectivity index (χ3v) is 3.54. The number of hydrogen-bond acceptors (Lipinski definition) is 7. The van der Waals surface area contributed by atoms with E-state index in [0.29, 0.717) is 29.1 Å². The van der Waals surface area contributed by atoms with Gasteiger partial charge in [-0.3, -0.25) is 0 Å². The van der Waals surface area contributed by atoms with E-state index in [1.54, 1.807) is 4.68 Å². The van der Waals surface area contributed by atoms with E-state index >= 15 is 0 Å². The molecule has 0 aliphatic rings. The lowest BCUT2D eigenvalue weighted by atomic mass is 10.1. The highest BCUT2D eigenvalue weighted by atomic mass is 16.4. The van der Waals surface area contributed by atoms with Crippen molar-refractivity contribution in [3.8, 4) is 11.3 Å². The number of aromatic nitrogens is 5. The molecule has 0 amide bonds. The minimum atomic E-state index is 0.138. The van der Waals surface area contributed by atoms with Crippen molar-refractivity contribution in [1.82, 2.24) is 24.7 Å². The highest BCUT2D eigenvalue weighted by molar-refractivity contribution is 5.99. The van der Waals surface area contributed by atoms with Crippen molar-refractivity contribution < 1.29 is 4.42 Å². The molecule has 0 bridgehead atoms. The summed E-state index contributed by atoms with van der Waals surface area (Å²) in [5, 5.41) is 5.33. The van der Waals surface area contributed by atoms with E-state index in [4.69, 9.17) is 15.9 Å². The molecule has 0 aliphatic carbocycles. The fourth-order valence-electron chi connectivity index (χ4n) is 2.55. The Kier molecular flexibility index (Phi) is 2.52. The summed E-state index contributed by atoms with van der Waals surface area (Å²) < 4.78 is 7.08. The SMILES string of the molecule is CCn1nc(-c2ccc3oc(N)nc3c2)c2c(N)ncnc21. The summed E-state index contributed by atoms with van der Waals surface area (Å²) in [5.41, 5.74) is 15.2. The summed E-state index contributed by atoms with van der Waals surface area (Å²) in [6.07, 6.45) is 1.44. The summed E-state index contributed by atoms with van der Waals surface area (Å²) in [5.74, 6) is 0.402. The topological polar surface area (TPSA) is 122 Å². The van der Waals surface area contributed by atoms with Crippen molar-refractivity contribution in [3.05, 3.63) is 24.5 Å². The monoisotopic (exact) mass is 295 g/mol. The van der Waals surface area contributed by atoms with Crippen LogP contribution < -0.4 is 11.5 Å². The molecule has 0 unspecified atom stereocenters. The Bertz CT molecular complexity index is 1000. The molecule has 0 saturated carbocycles. The van der Waals surface area contributed by atoms with Gasteiger partial charge in [0.2, 0.25) is 0 Å². The van der Waals surface area contributed by atoms with Crippen LogP contribution in [-0.4, -0.2) is 24.7 Å². The van der Waals surface area contributed by atoms with Crippen LogP contribution in [0.3, 0.4) is 0 Å². The number of fused-ring (bicyclic) bond motifs is 2. The molecule has 8 heteroatoms. The zero-order valence-corrected chi connectivity index (χ0v) is 11.8. The Balaban J connectivity index is 2.02. The van der Waals surface area contributed by atoms with E-state index in [1.165, 1.54) is 6.33 Å². The van der Waals surface area contributed by atoms with Crippen molar-refractivity contribution in [3.63, 3.8) is 0 Å². The second kappa shape index (κ2) is 4.42. The van der Waals surface area contributed by atoms with Gasteiger partial charge in [0.05, 0.1) is 5.39 Å². The van der Waals surface area contributed by atoms with Gasteiger partial charge < -0.3 is 15.9 Å². The third kappa shape index (κ3) is 1.70. The van der Waals surface area contributed by atoms with Gasteiger partial charge in [-0.15, -0.1) is 0 Å². The average Bonchev–Trinajstić information content (AvgIpc) is 3.06. The van der Waals surface area contributed by atoms with E-state index in [1.807, 2.05) is 25.1 Å². The maximum Gasteiger partial charge on any atom is 0.292 e. The van der Waals surface area contributed by atoms with Gasteiger partial charge in [0.1, 0.15) is 23.4 Å². The van der Waals surface area contributed by atoms with E-state index in [9.17, 15) is 0 Å². The van der Waals surface area contributed by atoms with Crippen molar-refractivity contribution in [2.45, 2.75) is 13.5 Å². The smallest absolute Gasteiger partial charge is 0.292 e. The molecule has 0 saturated heterocycles. The summed E-state index contributed by atoms with van der Waals surface area (Å²) in [7, 11) is 0. The van der Waals surface area contributed by atoms with Crippen molar-refractivity contribution >= 4 is 34.0 Å². The van der Waals surface area contributed by atoms with Gasteiger partial charge in [-0.05, 0) is 25.1 Å². The number of hydrogen-bond donors (Lipinski definition) is 2. The van der Waals surface area contributed by atoms with Crippen LogP contribution in [0.15, 0.2) is 28.9 Å². The number of nitrogens with zero attached hydrogens (tertiary/aromatic N) is 5. The first-order valence-electron chi connectivity index (χ1n) is 6.81. The highest BCUT2D eigenvalue weighted by Crippen LogP contribution is 2.32. The molecule has 4 rings (SSSR count). The molecular formula is C14H13N7O. The van der Waals surface area contributed by atoms with Crippen LogP contribution in [0.1, 0.15) is 6.92 Å². The van der Waals surface area contributed by atoms with Crippen LogP contribution in [0.2, 0.25) is 0 Å². The highest BCUT2D eigenvalue weighted by Gasteiger charge is 2.17. The fraction of sp³-hybridized carbons (Fsp3) is 0.143. The summed E-state index contributed by atoms with van der Waals surface area (Å²) in [4.78, 5) is 12.5. The zero-order chi connectivity index (χ0) is 15.3. The van der Waals surface area contributed by atoms with Crippen LogP contribution in [0.25, 0.3) is 33.4 Å². The van der Waals surface area contributed by atoms with E-state index in [0.717, 1.165) is 16.6 Å². The van der Waals surface area contributed by atoms with Gasteiger partial charge in [-0.1, -0.05) is 0 Å². The molecular weight excluding hydrogens is 282 g/mol. The molecule has 0 spiro atoms. The maximum atomic E-state index is 6.02. The number of aryl methyl sites for hydroxylation is 1. The predicted molar refractivity (Wildman–Crippen MR) is 82.8 cm³/mol. The van der Waals surface area contributed by atoms with Gasteiger partial charge in [0.25, 0.3) is 6.01 Å². The zero-order valence-electron chi connectivity index (χ0n) is 11.8. The minimum absolute atomic E-state index is 0.138. The molecule has 22 heavy (non-hydrogen) atoms. The molecule has 3 aromatic heterocycles. The summed E-state index contributed by atoms with van der Waals surface area (Å²) in [6, 6.07) is 5.70. The average molecular weight is 295 g/mol. The number of nitrogens with two attached hydrogens (primary N) is 2. The number of benzene rings is 1. The van der Waals surface area contributed by atoms with Crippen LogP contribution >= 0.6 is 0 Å². The molecule has 0 atom stereocenters. The fourth-order valence-corrected chi connectivity index (χ4v) is 2.55. The summed E-state index contributed by atoms with van der Waals surface area (Å²) in [6.45, 7) is 2.68. The molecule has 3 heterocycles. The van der Waals surface area contributed by atoms with Gasteiger partial charge in [0.15, 0.2) is 11.2 Å². The number of nitrogen functional groups attached to an aromatic ring is 2. The quantitative estimate of drug-likeness (QED) is 0.578. The van der Waals surface area contributed by atoms with E-state index in [-0.39, 0.29) is 6.01 Å². The Morgan fingerprint density at radius 2 is 2.09 bits per heavy atom. The predicted octanol–water partition coefficient (Wildman–Crippen LogP) is 1.82. The Labute approximate surface area is 124 Å². The van der Waals surface area contributed by atoms with E-state index < -0.39 is 0 Å². The molecule has 0 radical (unpaired) electrons. The first kappa shape index (κ1) is 12.6. The third-order valence-electron chi connectivity index (χ3n) is 3.54. The van der Waals surface area contributed by atoms with Gasteiger partial charge in [-0.2, -0.15) is 10.1 Å². The standard InChI is InChI=1S/C14H13N7O/c1-2-21-13-10(12(15)17-6-18-13)11(20-21)7-3-4-9-8(5-7)19-14(16)22-9/h3-6H,2H2,1H3,(H2,16,19)(H2,15,17,18). The molecule has 4 aromatic rings. The number of oxazole rings is 1. The molecule has 0 fully saturated rings. The lowest BCUT2D eigenvalue weighted by Gasteiger charge is -1.99. The molecule has 4 N–H and O–H groups in total. The van der Waals surface area contributed by atoms with Crippen LogP contribution in [-0.2, 0) is 6.54 Å². The van der Waals surface area contributed by atoms with Gasteiger partial charge in [-0.25, -0.2) is 14.6 Å². The molecule has 8 nitrogen and oxygen atoms in total. The molecule has 0 aliphatic heterocycles. The minimum Gasteiger partial charge on any atom is -0.424 e. The molecule has 110 valence electrons. The largest absolute Gasteiger partial charge is 0.424 e. The Morgan fingerprint density at radius 3 is 2.91 bits per heavy atom. The molecule has 1 aromatic carbocycles. The lowest BCUT2D eigenvalue weighted by Crippen LogP contribution is -1.98. The van der Waals surface area contributed by atoms with Crippen molar-refractivity contribution in [2.24, 2.45) is 0 Å². The van der Waals surface area contributed by atoms with Gasteiger partial charge >= 0.3 is 0 Å². The van der Waals surface area contributed by atoms with Crippen molar-refractivity contribution in [1.29, 1.82) is 0 Å². The second-order valence-corrected chi connectivity index (χ2v) is 4.86. The van der Waals surface area contributed by atoms with Crippen LogP contribution in [0.5, 0.6) is 0 Å². The van der Waals surface area contributed by atoms with Crippen LogP contribution in [0, 0.1) is 0 Å². The second-order valence-electron chi connectivity index (χ2n) is 4.86. The Hall–Kier alpha value is -3.16. The normalized spacial score (nSPS) is 11.5. The maximum absolute atomic E-state index is 6.02.